The van der Waals surface area contributed by atoms with Crippen LogP contribution in [0.3, 0.4) is 0 Å². The Morgan fingerprint density at radius 2 is 1.82 bits per heavy atom. The third kappa shape index (κ3) is 3.41. The van der Waals surface area contributed by atoms with Gasteiger partial charge < -0.3 is 4.90 Å². The van der Waals surface area contributed by atoms with Crippen molar-refractivity contribution in [2.45, 2.75) is 6.54 Å². The summed E-state index contributed by atoms with van der Waals surface area (Å²) >= 11 is 9.11. The van der Waals surface area contributed by atoms with Crippen LogP contribution in [0.1, 0.15) is 5.56 Å². The van der Waals surface area contributed by atoms with Crippen LogP contribution in [-0.2, 0) is 6.54 Å². The third-order valence-electron chi connectivity index (χ3n) is 2.34. The molecule has 2 rings (SSSR count). The van der Waals surface area contributed by atoms with E-state index >= 15 is 0 Å². The molecule has 0 N–H and O–H groups in total. The Bertz CT molecular complexity index is 484. The minimum Gasteiger partial charge on any atom is -0.354 e. The van der Waals surface area contributed by atoms with Gasteiger partial charge in [0.2, 0.25) is 0 Å². The normalized spacial score (nSPS) is 10.3. The SMILES string of the molecule is CN(Cc1ccc(Br)cc1)c1ccc(Cl)nn1. The van der Waals surface area contributed by atoms with Crippen molar-refractivity contribution in [1.82, 2.24) is 10.2 Å². The Hall–Kier alpha value is -1.13. The topological polar surface area (TPSA) is 29.0 Å². The van der Waals surface area contributed by atoms with Crippen LogP contribution in [0, 0.1) is 0 Å². The van der Waals surface area contributed by atoms with Gasteiger partial charge in [0, 0.05) is 18.1 Å². The van der Waals surface area contributed by atoms with Crippen molar-refractivity contribution in [3.63, 3.8) is 0 Å². The molecule has 5 heteroatoms. The molecule has 1 aromatic heterocycles. The van der Waals surface area contributed by atoms with Crippen molar-refractivity contribution in [1.29, 1.82) is 0 Å². The molecule has 17 heavy (non-hydrogen) atoms. The lowest BCUT2D eigenvalue weighted by Gasteiger charge is -2.17. The molecule has 0 aliphatic rings. The lowest BCUT2D eigenvalue weighted by molar-refractivity contribution is 0.866. The van der Waals surface area contributed by atoms with Crippen LogP contribution in [0.2, 0.25) is 5.15 Å². The number of hydrogen-bond acceptors (Lipinski definition) is 3. The van der Waals surface area contributed by atoms with Crippen molar-refractivity contribution in [2.75, 3.05) is 11.9 Å². The van der Waals surface area contributed by atoms with E-state index < -0.39 is 0 Å². The van der Waals surface area contributed by atoms with E-state index in [4.69, 9.17) is 11.6 Å². The second kappa shape index (κ2) is 5.47. The van der Waals surface area contributed by atoms with Gasteiger partial charge in [-0.15, -0.1) is 10.2 Å². The first-order valence-electron chi connectivity index (χ1n) is 5.10. The third-order valence-corrected chi connectivity index (χ3v) is 3.07. The Balaban J connectivity index is 2.08. The van der Waals surface area contributed by atoms with E-state index in [1.165, 1.54) is 5.56 Å². The highest BCUT2D eigenvalue weighted by Gasteiger charge is 2.04. The number of nitrogens with zero attached hydrogens (tertiary/aromatic N) is 3. The van der Waals surface area contributed by atoms with E-state index in [1.54, 1.807) is 6.07 Å². The molecule has 0 aliphatic heterocycles. The van der Waals surface area contributed by atoms with Crippen LogP contribution in [0.5, 0.6) is 0 Å². The Labute approximate surface area is 114 Å². The summed E-state index contributed by atoms with van der Waals surface area (Å²) in [7, 11) is 1.97. The van der Waals surface area contributed by atoms with Gasteiger partial charge in [0.1, 0.15) is 0 Å². The van der Waals surface area contributed by atoms with Crippen LogP contribution in [0.15, 0.2) is 40.9 Å². The lowest BCUT2D eigenvalue weighted by Crippen LogP contribution is -2.17. The molecule has 0 fully saturated rings. The highest BCUT2D eigenvalue weighted by Crippen LogP contribution is 2.15. The van der Waals surface area contributed by atoms with E-state index in [-0.39, 0.29) is 0 Å². The van der Waals surface area contributed by atoms with Crippen LogP contribution in [-0.4, -0.2) is 17.2 Å². The Kier molecular flexibility index (Phi) is 3.97. The lowest BCUT2D eigenvalue weighted by atomic mass is 10.2. The van der Waals surface area contributed by atoms with E-state index in [1.807, 2.05) is 30.1 Å². The van der Waals surface area contributed by atoms with Gasteiger partial charge in [-0.1, -0.05) is 39.7 Å². The van der Waals surface area contributed by atoms with Crippen LogP contribution in [0.25, 0.3) is 0 Å². The Morgan fingerprint density at radius 1 is 1.12 bits per heavy atom. The molecule has 1 heterocycles. The fraction of sp³-hybridized carbons (Fsp3) is 0.167. The zero-order valence-electron chi connectivity index (χ0n) is 9.27. The second-order valence-corrected chi connectivity index (χ2v) is 5.00. The van der Waals surface area contributed by atoms with Gasteiger partial charge >= 0.3 is 0 Å². The summed E-state index contributed by atoms with van der Waals surface area (Å²) in [5.74, 6) is 0.803. The van der Waals surface area contributed by atoms with Gasteiger partial charge in [-0.05, 0) is 29.8 Å². The monoisotopic (exact) mass is 311 g/mol. The summed E-state index contributed by atoms with van der Waals surface area (Å²) < 4.78 is 1.08. The molecular formula is C12H11BrClN3. The first-order valence-corrected chi connectivity index (χ1v) is 6.27. The molecule has 88 valence electrons. The predicted octanol–water partition coefficient (Wildman–Crippen LogP) is 3.53. The fourth-order valence-electron chi connectivity index (χ4n) is 1.46. The molecule has 3 nitrogen and oxygen atoms in total. The van der Waals surface area contributed by atoms with Gasteiger partial charge in [0.05, 0.1) is 0 Å². The quantitative estimate of drug-likeness (QED) is 0.868. The van der Waals surface area contributed by atoms with E-state index in [0.717, 1.165) is 16.8 Å². The smallest absolute Gasteiger partial charge is 0.151 e. The summed E-state index contributed by atoms with van der Waals surface area (Å²) in [5, 5.41) is 8.26. The highest BCUT2D eigenvalue weighted by molar-refractivity contribution is 9.10. The fourth-order valence-corrected chi connectivity index (χ4v) is 1.82. The Morgan fingerprint density at radius 3 is 2.41 bits per heavy atom. The van der Waals surface area contributed by atoms with E-state index in [0.29, 0.717) is 5.15 Å². The maximum atomic E-state index is 5.70. The van der Waals surface area contributed by atoms with Crippen molar-refractivity contribution < 1.29 is 0 Å². The first-order chi connectivity index (χ1) is 8.15. The average Bonchev–Trinajstić information content (AvgIpc) is 2.33. The van der Waals surface area contributed by atoms with Crippen molar-refractivity contribution in [2.24, 2.45) is 0 Å². The molecule has 2 aromatic rings. The standard InChI is InChI=1S/C12H11BrClN3/c1-17(12-7-6-11(14)15-16-12)8-9-2-4-10(13)5-3-9/h2-7H,8H2,1H3. The molecule has 0 aliphatic carbocycles. The molecule has 1 aromatic carbocycles. The van der Waals surface area contributed by atoms with Crippen LogP contribution < -0.4 is 4.90 Å². The number of rotatable bonds is 3. The van der Waals surface area contributed by atoms with Gasteiger partial charge in [-0.3, -0.25) is 0 Å². The molecular weight excluding hydrogens is 302 g/mol. The maximum absolute atomic E-state index is 5.70. The van der Waals surface area contributed by atoms with Crippen molar-refractivity contribution in [3.05, 3.63) is 51.6 Å². The van der Waals surface area contributed by atoms with Gasteiger partial charge in [0.15, 0.2) is 11.0 Å². The molecule has 0 atom stereocenters. The predicted molar refractivity (Wildman–Crippen MR) is 73.3 cm³/mol. The van der Waals surface area contributed by atoms with Gasteiger partial charge in [-0.25, -0.2) is 0 Å². The number of benzene rings is 1. The number of hydrogen-bond donors (Lipinski definition) is 0. The minimum atomic E-state index is 0.408. The summed E-state index contributed by atoms with van der Waals surface area (Å²) in [4.78, 5) is 2.02. The van der Waals surface area contributed by atoms with E-state index in [2.05, 4.69) is 38.3 Å². The van der Waals surface area contributed by atoms with Gasteiger partial charge in [-0.2, -0.15) is 0 Å². The molecule has 0 amide bonds. The maximum Gasteiger partial charge on any atom is 0.151 e. The van der Waals surface area contributed by atoms with E-state index in [9.17, 15) is 0 Å². The zero-order chi connectivity index (χ0) is 12.3. The number of anilines is 1. The summed E-state index contributed by atoms with van der Waals surface area (Å²) in [6.07, 6.45) is 0. The number of halogens is 2. The molecule has 0 unspecified atom stereocenters. The highest BCUT2D eigenvalue weighted by atomic mass is 79.9. The summed E-state index contributed by atoms with van der Waals surface area (Å²) in [6.45, 7) is 0.781. The second-order valence-electron chi connectivity index (χ2n) is 3.70. The van der Waals surface area contributed by atoms with Gasteiger partial charge in [0.25, 0.3) is 0 Å². The summed E-state index contributed by atoms with van der Waals surface area (Å²) in [5.41, 5.74) is 1.22. The molecule has 0 saturated heterocycles. The number of aromatic nitrogens is 2. The first kappa shape index (κ1) is 12.3. The molecule has 0 bridgehead atoms. The van der Waals surface area contributed by atoms with Crippen molar-refractivity contribution >= 4 is 33.3 Å². The minimum absolute atomic E-state index is 0.408. The molecule has 0 radical (unpaired) electrons. The largest absolute Gasteiger partial charge is 0.354 e. The molecule has 0 spiro atoms. The summed E-state index contributed by atoms with van der Waals surface area (Å²) in [6, 6.07) is 11.8. The zero-order valence-corrected chi connectivity index (χ0v) is 11.6. The van der Waals surface area contributed by atoms with Crippen LogP contribution >= 0.6 is 27.5 Å². The average molecular weight is 313 g/mol. The van der Waals surface area contributed by atoms with Crippen molar-refractivity contribution in [3.8, 4) is 0 Å². The van der Waals surface area contributed by atoms with Crippen LogP contribution in [0.4, 0.5) is 5.82 Å². The molecule has 0 saturated carbocycles.